The lowest BCUT2D eigenvalue weighted by molar-refractivity contribution is -0.390. The highest BCUT2D eigenvalue weighted by Crippen LogP contribution is 2.27. The van der Waals surface area contributed by atoms with Gasteiger partial charge in [0, 0.05) is 0 Å². The van der Waals surface area contributed by atoms with Crippen molar-refractivity contribution in [1.29, 1.82) is 0 Å². The average Bonchev–Trinajstić information content (AvgIpc) is 2.26. The summed E-state index contributed by atoms with van der Waals surface area (Å²) in [6.45, 7) is 0. The van der Waals surface area contributed by atoms with Crippen LogP contribution in [0.15, 0.2) is 30.3 Å². The van der Waals surface area contributed by atoms with Crippen molar-refractivity contribution in [2.24, 2.45) is 0 Å². The molecule has 0 radical (unpaired) electrons. The highest BCUT2D eigenvalue weighted by atomic mass is 16.7. The lowest BCUT2D eigenvalue weighted by Crippen LogP contribution is -2.68. The molecule has 0 unspecified atom stereocenters. The van der Waals surface area contributed by atoms with Crippen LogP contribution in [0.25, 0.3) is 0 Å². The van der Waals surface area contributed by atoms with Crippen molar-refractivity contribution >= 4 is 11.7 Å². The van der Waals surface area contributed by atoms with E-state index in [1.165, 1.54) is 24.3 Å². The molecule has 0 bridgehead atoms. The number of carbonyl (C=O) groups is 1. The normalized spacial score (nSPS) is 15.1. The first kappa shape index (κ1) is 13.4. The second-order valence-electron chi connectivity index (χ2n) is 3.26. The largest absolute Gasteiger partial charge is 0.477 e. The molecule has 0 aliphatic rings. The van der Waals surface area contributed by atoms with Crippen molar-refractivity contribution in [3.63, 3.8) is 0 Å². The van der Waals surface area contributed by atoms with E-state index >= 15 is 0 Å². The lowest BCUT2D eigenvalue weighted by Gasteiger charge is -2.37. The Morgan fingerprint density at radius 2 is 1.53 bits per heavy atom. The van der Waals surface area contributed by atoms with Crippen LogP contribution in [0.5, 0.6) is 0 Å². The minimum Gasteiger partial charge on any atom is -0.477 e. The fourth-order valence-corrected chi connectivity index (χ4v) is 1.13. The van der Waals surface area contributed by atoms with Crippen molar-refractivity contribution in [2.75, 3.05) is 5.06 Å². The number of rotatable bonds is 4. The molecule has 0 spiro atoms. The van der Waals surface area contributed by atoms with Gasteiger partial charge in [-0.15, -0.1) is 0 Å². The average molecular weight is 245 g/mol. The molecule has 8 nitrogen and oxygen atoms in total. The highest BCUT2D eigenvalue weighted by molar-refractivity contribution is 5.81. The summed E-state index contributed by atoms with van der Waals surface area (Å²) in [5.41, 5.74) is -3.99. The van der Waals surface area contributed by atoms with Crippen LogP contribution in [0.4, 0.5) is 5.69 Å². The molecule has 1 aromatic rings. The summed E-state index contributed by atoms with van der Waals surface area (Å²) in [7, 11) is 0. The molecule has 0 fully saturated rings. The summed E-state index contributed by atoms with van der Waals surface area (Å²) in [5, 5.41) is 53.7. The summed E-state index contributed by atoms with van der Waals surface area (Å²) in [6.07, 6.45) is 0. The fourth-order valence-electron chi connectivity index (χ4n) is 1.13. The Morgan fingerprint density at radius 3 is 1.88 bits per heavy atom. The van der Waals surface area contributed by atoms with Crippen LogP contribution in [-0.4, -0.2) is 48.4 Å². The van der Waals surface area contributed by atoms with Crippen molar-refractivity contribution in [3.05, 3.63) is 30.3 Å². The number of carboxylic acid groups (broad SMARTS) is 1. The van der Waals surface area contributed by atoms with Crippen LogP contribution < -0.4 is 5.06 Å². The Bertz CT molecular complexity index is 402. The molecule has 94 valence electrons. The van der Waals surface area contributed by atoms with Crippen molar-refractivity contribution in [3.8, 4) is 0 Å². The quantitative estimate of drug-likeness (QED) is 0.272. The first-order chi connectivity index (χ1) is 7.71. The van der Waals surface area contributed by atoms with Gasteiger partial charge in [0.15, 0.2) is 0 Å². The lowest BCUT2D eigenvalue weighted by atomic mass is 10.1. The van der Waals surface area contributed by atoms with Crippen LogP contribution >= 0.6 is 0 Å². The number of aliphatic hydroxyl groups is 4. The maximum absolute atomic E-state index is 10.8. The maximum atomic E-state index is 10.8. The summed E-state index contributed by atoms with van der Waals surface area (Å²) < 4.78 is 0. The smallest absolute Gasteiger partial charge is 0.368 e. The molecule has 0 amide bonds. The van der Waals surface area contributed by atoms with E-state index in [9.17, 15) is 15.1 Å². The van der Waals surface area contributed by atoms with Gasteiger partial charge in [-0.25, -0.2) is 9.86 Å². The number of carboxylic acids is 1. The predicted molar refractivity (Wildman–Crippen MR) is 52.7 cm³/mol. The number of hydrogen-bond donors (Lipinski definition) is 6. The van der Waals surface area contributed by atoms with E-state index in [-0.39, 0.29) is 10.8 Å². The van der Waals surface area contributed by atoms with E-state index < -0.39 is 17.7 Å². The maximum Gasteiger partial charge on any atom is 0.368 e. The molecule has 17 heavy (non-hydrogen) atoms. The molecule has 0 saturated heterocycles. The van der Waals surface area contributed by atoms with Crippen molar-refractivity contribution in [2.45, 2.75) is 11.7 Å². The van der Waals surface area contributed by atoms with E-state index in [0.717, 1.165) is 0 Å². The van der Waals surface area contributed by atoms with Crippen LogP contribution in [0.1, 0.15) is 0 Å². The standard InChI is InChI=1S/C9H11NO7/c11-7(12)8(13,9(14,15)16)10(17)6-4-2-1-3-5-6/h1-5,13-17H,(H,11,12)/t8-/m0/s1. The third kappa shape index (κ3) is 2.20. The van der Waals surface area contributed by atoms with E-state index in [2.05, 4.69) is 0 Å². The molecule has 1 aromatic carbocycles. The summed E-state index contributed by atoms with van der Waals surface area (Å²) in [6, 6.07) is 6.70. The molecule has 8 heteroatoms. The molecular weight excluding hydrogens is 234 g/mol. The Hall–Kier alpha value is -1.71. The zero-order chi connectivity index (χ0) is 13.3. The molecular formula is C9H11NO7. The molecule has 0 aromatic heterocycles. The molecule has 1 atom stereocenters. The monoisotopic (exact) mass is 245 g/mol. The minimum absolute atomic E-state index is 0.265. The third-order valence-electron chi connectivity index (χ3n) is 2.07. The van der Waals surface area contributed by atoms with Gasteiger partial charge in [0.05, 0.1) is 5.69 Å². The summed E-state index contributed by atoms with van der Waals surface area (Å²) >= 11 is 0. The zero-order valence-electron chi connectivity index (χ0n) is 8.43. The number of hydrogen-bond acceptors (Lipinski definition) is 7. The van der Waals surface area contributed by atoms with Gasteiger partial charge in [-0.3, -0.25) is 5.21 Å². The number of benzene rings is 1. The van der Waals surface area contributed by atoms with Gasteiger partial charge in [-0.05, 0) is 12.1 Å². The topological polar surface area (TPSA) is 142 Å². The molecule has 0 heterocycles. The molecule has 0 aliphatic heterocycles. The van der Waals surface area contributed by atoms with Crippen LogP contribution in [0, 0.1) is 0 Å². The Labute approximate surface area is 95.2 Å². The second kappa shape index (κ2) is 4.28. The summed E-state index contributed by atoms with van der Waals surface area (Å²) in [5.74, 6) is -6.32. The predicted octanol–water partition coefficient (Wildman–Crippen LogP) is -1.71. The van der Waals surface area contributed by atoms with Gasteiger partial charge in [-0.1, -0.05) is 18.2 Å². The zero-order valence-corrected chi connectivity index (χ0v) is 8.43. The van der Waals surface area contributed by atoms with E-state index in [0.29, 0.717) is 0 Å². The molecule has 1 rings (SSSR count). The number of aliphatic carboxylic acids is 1. The first-order valence-electron chi connectivity index (χ1n) is 4.38. The third-order valence-corrected chi connectivity index (χ3v) is 2.07. The van der Waals surface area contributed by atoms with Crippen molar-refractivity contribution in [1.82, 2.24) is 0 Å². The Morgan fingerprint density at radius 1 is 1.06 bits per heavy atom. The van der Waals surface area contributed by atoms with E-state index in [1.807, 2.05) is 0 Å². The van der Waals surface area contributed by atoms with Gasteiger partial charge in [0.2, 0.25) is 0 Å². The second-order valence-corrected chi connectivity index (χ2v) is 3.26. The van der Waals surface area contributed by atoms with E-state index in [4.69, 9.17) is 20.4 Å². The van der Waals surface area contributed by atoms with Gasteiger partial charge < -0.3 is 25.5 Å². The van der Waals surface area contributed by atoms with Crippen LogP contribution in [-0.2, 0) is 4.79 Å². The number of hydroxylamine groups is 1. The van der Waals surface area contributed by atoms with Crippen molar-refractivity contribution < 1.29 is 35.5 Å². The molecule has 0 aliphatic carbocycles. The first-order valence-corrected chi connectivity index (χ1v) is 4.38. The van der Waals surface area contributed by atoms with Crippen LogP contribution in [0.2, 0.25) is 0 Å². The number of nitrogens with zero attached hydrogens (tertiary/aromatic N) is 1. The number of para-hydroxylation sites is 1. The van der Waals surface area contributed by atoms with E-state index in [1.54, 1.807) is 6.07 Å². The fraction of sp³-hybridized carbons (Fsp3) is 0.222. The van der Waals surface area contributed by atoms with Gasteiger partial charge in [0.1, 0.15) is 0 Å². The Kier molecular flexibility index (Phi) is 3.36. The highest BCUT2D eigenvalue weighted by Gasteiger charge is 2.60. The summed E-state index contributed by atoms with van der Waals surface area (Å²) in [4.78, 5) is 10.8. The van der Waals surface area contributed by atoms with Crippen LogP contribution in [0.3, 0.4) is 0 Å². The van der Waals surface area contributed by atoms with Gasteiger partial charge in [0.25, 0.3) is 0 Å². The van der Waals surface area contributed by atoms with Gasteiger partial charge in [-0.2, -0.15) is 0 Å². The molecule has 6 N–H and O–H groups in total. The minimum atomic E-state index is -4.07. The SMILES string of the molecule is O=C(O)[C@@](O)(N(O)c1ccccc1)C(O)(O)O. The molecule has 0 saturated carbocycles. The van der Waals surface area contributed by atoms with Gasteiger partial charge >= 0.3 is 17.7 Å². The number of anilines is 1. The Balaban J connectivity index is 3.23.